The summed E-state index contributed by atoms with van der Waals surface area (Å²) in [6.07, 6.45) is 5.49. The van der Waals surface area contributed by atoms with Gasteiger partial charge in [-0.05, 0) is 37.0 Å². The molecule has 1 heterocycles. The van der Waals surface area contributed by atoms with Gasteiger partial charge in [-0.3, -0.25) is 0 Å². The molecule has 3 heteroatoms. The largest absolute Gasteiger partial charge is 0.372 e. The van der Waals surface area contributed by atoms with Crippen molar-refractivity contribution in [3.8, 4) is 0 Å². The highest BCUT2D eigenvalue weighted by Crippen LogP contribution is 2.20. The monoisotopic (exact) mass is 216 g/mol. The van der Waals surface area contributed by atoms with Gasteiger partial charge in [0.05, 0.1) is 6.54 Å². The molecule has 84 valence electrons. The molecular formula is C13H16N2O. The molecule has 0 N–H and O–H groups in total. The van der Waals surface area contributed by atoms with Gasteiger partial charge in [-0.15, -0.1) is 0 Å². The SMILES string of the molecule is O=C=NCc1ccc(N2CCCCC2)cc1. The Labute approximate surface area is 95.8 Å². The van der Waals surface area contributed by atoms with Gasteiger partial charge in [0.25, 0.3) is 0 Å². The van der Waals surface area contributed by atoms with Gasteiger partial charge in [-0.1, -0.05) is 12.1 Å². The molecule has 1 aromatic rings. The summed E-state index contributed by atoms with van der Waals surface area (Å²) in [5, 5.41) is 0. The molecule has 0 saturated carbocycles. The predicted octanol–water partition coefficient (Wildman–Crippen LogP) is 2.51. The lowest BCUT2D eigenvalue weighted by molar-refractivity contribution is 0.563. The second-order valence-electron chi connectivity index (χ2n) is 4.12. The lowest BCUT2D eigenvalue weighted by Gasteiger charge is -2.28. The summed E-state index contributed by atoms with van der Waals surface area (Å²) in [7, 11) is 0. The number of carbonyl (C=O) groups excluding carboxylic acids is 1. The van der Waals surface area contributed by atoms with Crippen LogP contribution in [0.5, 0.6) is 0 Å². The maximum Gasteiger partial charge on any atom is 0.235 e. The summed E-state index contributed by atoms with van der Waals surface area (Å²) in [5.41, 5.74) is 2.34. The molecule has 0 aromatic heterocycles. The third-order valence-electron chi connectivity index (χ3n) is 2.98. The van der Waals surface area contributed by atoms with E-state index in [0.717, 1.165) is 18.7 Å². The van der Waals surface area contributed by atoms with Gasteiger partial charge in [0.15, 0.2) is 0 Å². The van der Waals surface area contributed by atoms with E-state index in [1.54, 1.807) is 6.08 Å². The number of aliphatic imine (C=N–C) groups is 1. The van der Waals surface area contributed by atoms with Crippen LogP contribution in [0, 0.1) is 0 Å². The Hall–Kier alpha value is -1.60. The van der Waals surface area contributed by atoms with Crippen molar-refractivity contribution in [3.63, 3.8) is 0 Å². The first-order valence-corrected chi connectivity index (χ1v) is 5.77. The number of piperidine rings is 1. The lowest BCUT2D eigenvalue weighted by atomic mass is 10.1. The van der Waals surface area contributed by atoms with Crippen molar-refractivity contribution in [2.45, 2.75) is 25.8 Å². The van der Waals surface area contributed by atoms with Gasteiger partial charge in [0.2, 0.25) is 6.08 Å². The second kappa shape index (κ2) is 5.47. The van der Waals surface area contributed by atoms with Gasteiger partial charge in [-0.25, -0.2) is 9.79 Å². The Morgan fingerprint density at radius 1 is 1.12 bits per heavy atom. The van der Waals surface area contributed by atoms with Gasteiger partial charge in [0.1, 0.15) is 0 Å². The summed E-state index contributed by atoms with van der Waals surface area (Å²) in [4.78, 5) is 16.0. The fourth-order valence-corrected chi connectivity index (χ4v) is 2.09. The van der Waals surface area contributed by atoms with Crippen LogP contribution in [0.25, 0.3) is 0 Å². The van der Waals surface area contributed by atoms with Gasteiger partial charge >= 0.3 is 0 Å². The summed E-state index contributed by atoms with van der Waals surface area (Å²) in [5.74, 6) is 0. The van der Waals surface area contributed by atoms with Gasteiger partial charge in [-0.2, -0.15) is 0 Å². The zero-order valence-electron chi connectivity index (χ0n) is 9.35. The molecule has 0 bridgehead atoms. The Kier molecular flexibility index (Phi) is 3.73. The van der Waals surface area contributed by atoms with E-state index in [1.165, 1.54) is 24.9 Å². The Bertz CT molecular complexity index is 373. The van der Waals surface area contributed by atoms with Crippen LogP contribution in [-0.2, 0) is 11.3 Å². The Morgan fingerprint density at radius 2 is 1.81 bits per heavy atom. The van der Waals surface area contributed by atoms with E-state index >= 15 is 0 Å². The smallest absolute Gasteiger partial charge is 0.235 e. The van der Waals surface area contributed by atoms with Crippen molar-refractivity contribution in [3.05, 3.63) is 29.8 Å². The van der Waals surface area contributed by atoms with Crippen LogP contribution in [0.1, 0.15) is 24.8 Å². The fraction of sp³-hybridized carbons (Fsp3) is 0.462. The number of isocyanates is 1. The van der Waals surface area contributed by atoms with E-state index in [-0.39, 0.29) is 0 Å². The van der Waals surface area contributed by atoms with E-state index < -0.39 is 0 Å². The van der Waals surface area contributed by atoms with E-state index in [0.29, 0.717) is 6.54 Å². The van der Waals surface area contributed by atoms with E-state index in [1.807, 2.05) is 12.1 Å². The molecule has 1 saturated heterocycles. The van der Waals surface area contributed by atoms with Crippen molar-refractivity contribution in [1.82, 2.24) is 0 Å². The summed E-state index contributed by atoms with van der Waals surface area (Å²) >= 11 is 0. The maximum absolute atomic E-state index is 9.99. The van der Waals surface area contributed by atoms with Crippen LogP contribution in [0.4, 0.5) is 5.69 Å². The first-order chi connectivity index (χ1) is 7.90. The maximum atomic E-state index is 9.99. The number of hydrogen-bond acceptors (Lipinski definition) is 3. The fourth-order valence-electron chi connectivity index (χ4n) is 2.09. The number of rotatable bonds is 3. The van der Waals surface area contributed by atoms with Gasteiger partial charge < -0.3 is 4.90 Å². The van der Waals surface area contributed by atoms with Crippen molar-refractivity contribution in [2.24, 2.45) is 4.99 Å². The molecule has 1 aliphatic heterocycles. The minimum Gasteiger partial charge on any atom is -0.372 e. The zero-order chi connectivity index (χ0) is 11.2. The molecule has 0 atom stereocenters. The van der Waals surface area contributed by atoms with Crippen LogP contribution >= 0.6 is 0 Å². The lowest BCUT2D eigenvalue weighted by Crippen LogP contribution is -2.29. The van der Waals surface area contributed by atoms with Crippen LogP contribution in [-0.4, -0.2) is 19.2 Å². The molecule has 16 heavy (non-hydrogen) atoms. The average Bonchev–Trinajstić information content (AvgIpc) is 2.38. The summed E-state index contributed by atoms with van der Waals surface area (Å²) in [6, 6.07) is 8.29. The molecule has 1 aliphatic rings. The number of anilines is 1. The predicted molar refractivity (Wildman–Crippen MR) is 64.3 cm³/mol. The summed E-state index contributed by atoms with van der Waals surface area (Å²) < 4.78 is 0. The van der Waals surface area contributed by atoms with E-state index in [2.05, 4.69) is 22.0 Å². The molecule has 0 unspecified atom stereocenters. The van der Waals surface area contributed by atoms with Gasteiger partial charge in [0, 0.05) is 18.8 Å². The highest BCUT2D eigenvalue weighted by molar-refractivity contribution is 5.48. The van der Waals surface area contributed by atoms with E-state index in [9.17, 15) is 4.79 Å². The van der Waals surface area contributed by atoms with Crippen LogP contribution in [0.2, 0.25) is 0 Å². The standard InChI is InChI=1S/C13H16N2O/c16-11-14-10-12-4-6-13(7-5-12)15-8-2-1-3-9-15/h4-7H,1-3,8-10H2. The molecule has 0 radical (unpaired) electrons. The normalized spacial score (nSPS) is 15.6. The average molecular weight is 216 g/mol. The second-order valence-corrected chi connectivity index (χ2v) is 4.12. The first kappa shape index (κ1) is 10.9. The third-order valence-corrected chi connectivity index (χ3v) is 2.98. The van der Waals surface area contributed by atoms with Crippen LogP contribution in [0.3, 0.4) is 0 Å². The molecule has 1 fully saturated rings. The topological polar surface area (TPSA) is 32.7 Å². The molecular weight excluding hydrogens is 200 g/mol. The first-order valence-electron chi connectivity index (χ1n) is 5.77. The number of nitrogens with zero attached hydrogens (tertiary/aromatic N) is 2. The highest BCUT2D eigenvalue weighted by Gasteiger charge is 2.10. The molecule has 0 aliphatic carbocycles. The molecule has 1 aromatic carbocycles. The molecule has 0 amide bonds. The highest BCUT2D eigenvalue weighted by atomic mass is 16.1. The number of hydrogen-bond donors (Lipinski definition) is 0. The van der Waals surface area contributed by atoms with Crippen molar-refractivity contribution in [1.29, 1.82) is 0 Å². The van der Waals surface area contributed by atoms with Crippen LogP contribution < -0.4 is 4.90 Å². The Balaban J connectivity index is 2.03. The third kappa shape index (κ3) is 2.71. The molecule has 0 spiro atoms. The van der Waals surface area contributed by atoms with Crippen LogP contribution in [0.15, 0.2) is 29.3 Å². The minimum atomic E-state index is 0.434. The Morgan fingerprint density at radius 3 is 2.44 bits per heavy atom. The number of benzene rings is 1. The summed E-state index contributed by atoms with van der Waals surface area (Å²) in [6.45, 7) is 2.75. The quantitative estimate of drug-likeness (QED) is 0.574. The van der Waals surface area contributed by atoms with Crippen molar-refractivity contribution < 1.29 is 4.79 Å². The van der Waals surface area contributed by atoms with E-state index in [4.69, 9.17) is 0 Å². The van der Waals surface area contributed by atoms with Crippen molar-refractivity contribution in [2.75, 3.05) is 18.0 Å². The molecule has 2 rings (SSSR count). The molecule has 3 nitrogen and oxygen atoms in total. The zero-order valence-corrected chi connectivity index (χ0v) is 9.35. The minimum absolute atomic E-state index is 0.434. The van der Waals surface area contributed by atoms with Crippen molar-refractivity contribution >= 4 is 11.8 Å².